The van der Waals surface area contributed by atoms with Gasteiger partial charge in [0.15, 0.2) is 5.96 Å². The average Bonchev–Trinajstić information content (AvgIpc) is 3.28. The summed E-state index contributed by atoms with van der Waals surface area (Å²) < 4.78 is 0. The molecule has 1 amide bonds. The number of benzene rings is 1. The number of carbonyl (C=O) groups is 1. The summed E-state index contributed by atoms with van der Waals surface area (Å²) in [7, 11) is 1.70. The van der Waals surface area contributed by atoms with Gasteiger partial charge in [0.1, 0.15) is 5.01 Å². The number of rotatable bonds is 5. The van der Waals surface area contributed by atoms with E-state index in [0.717, 1.165) is 29.4 Å². The third-order valence-corrected chi connectivity index (χ3v) is 5.25. The zero-order chi connectivity index (χ0) is 18.5. The lowest BCUT2D eigenvalue weighted by atomic mass is 10.2. The van der Waals surface area contributed by atoms with E-state index in [1.54, 1.807) is 18.4 Å². The van der Waals surface area contributed by atoms with Crippen LogP contribution in [0.4, 0.5) is 5.69 Å². The number of aromatic nitrogens is 1. The van der Waals surface area contributed by atoms with Gasteiger partial charge in [-0.15, -0.1) is 35.3 Å². The Morgan fingerprint density at radius 1 is 1.33 bits per heavy atom. The number of fused-ring (bicyclic) bond motifs is 1. The van der Waals surface area contributed by atoms with Crippen molar-refractivity contribution in [3.05, 3.63) is 45.9 Å². The van der Waals surface area contributed by atoms with Crippen LogP contribution in [0.3, 0.4) is 0 Å². The van der Waals surface area contributed by atoms with E-state index in [1.807, 2.05) is 23.1 Å². The number of amides is 1. The molecule has 2 heterocycles. The van der Waals surface area contributed by atoms with Crippen molar-refractivity contribution in [2.45, 2.75) is 32.7 Å². The quantitative estimate of drug-likeness (QED) is 0.377. The molecule has 1 aliphatic heterocycles. The van der Waals surface area contributed by atoms with Crippen LogP contribution in [0, 0.1) is 0 Å². The van der Waals surface area contributed by atoms with E-state index < -0.39 is 0 Å². The summed E-state index contributed by atoms with van der Waals surface area (Å²) in [6.45, 7) is 5.81. The molecule has 2 aromatic rings. The van der Waals surface area contributed by atoms with Gasteiger partial charge < -0.3 is 15.5 Å². The fraction of sp³-hybridized carbons (Fsp3) is 0.421. The maximum absolute atomic E-state index is 12.6. The first-order chi connectivity index (χ1) is 12.6. The zero-order valence-corrected chi connectivity index (χ0v) is 19.0. The van der Waals surface area contributed by atoms with Crippen molar-refractivity contribution in [1.82, 2.24) is 15.6 Å². The van der Waals surface area contributed by atoms with E-state index in [4.69, 9.17) is 0 Å². The smallest absolute Gasteiger partial charge is 0.246 e. The summed E-state index contributed by atoms with van der Waals surface area (Å²) in [4.78, 5) is 23.2. The molecule has 0 saturated carbocycles. The molecule has 0 unspecified atom stereocenters. The summed E-state index contributed by atoms with van der Waals surface area (Å²) in [5, 5.41) is 9.42. The number of para-hydroxylation sites is 1. The van der Waals surface area contributed by atoms with Gasteiger partial charge in [-0.2, -0.15) is 0 Å². The van der Waals surface area contributed by atoms with Crippen LogP contribution in [0.2, 0.25) is 0 Å². The number of carbonyl (C=O) groups excluding carboxylic acids is 1. The lowest BCUT2D eigenvalue weighted by Gasteiger charge is -2.18. The number of halogens is 1. The van der Waals surface area contributed by atoms with Crippen LogP contribution in [0.5, 0.6) is 0 Å². The molecule has 0 saturated heterocycles. The highest BCUT2D eigenvalue weighted by Crippen LogP contribution is 2.27. The van der Waals surface area contributed by atoms with Gasteiger partial charge in [-0.05, 0) is 24.0 Å². The van der Waals surface area contributed by atoms with Crippen LogP contribution in [-0.2, 0) is 17.8 Å². The number of guanidine groups is 1. The maximum Gasteiger partial charge on any atom is 0.246 e. The molecule has 0 radical (unpaired) electrons. The van der Waals surface area contributed by atoms with Crippen molar-refractivity contribution in [3.63, 3.8) is 0 Å². The number of nitrogens with zero attached hydrogens (tertiary/aromatic N) is 3. The third kappa shape index (κ3) is 5.41. The first-order valence-corrected chi connectivity index (χ1v) is 9.73. The van der Waals surface area contributed by atoms with Crippen molar-refractivity contribution in [1.29, 1.82) is 0 Å². The molecule has 27 heavy (non-hydrogen) atoms. The molecular formula is C19H26IN5OS. The number of nitrogens with one attached hydrogen (secondary N) is 2. The Labute approximate surface area is 181 Å². The minimum atomic E-state index is 0. The number of hydrogen-bond acceptors (Lipinski definition) is 4. The van der Waals surface area contributed by atoms with Crippen molar-refractivity contribution in [2.24, 2.45) is 4.99 Å². The molecule has 1 aliphatic rings. The van der Waals surface area contributed by atoms with Crippen molar-refractivity contribution >= 4 is 52.9 Å². The van der Waals surface area contributed by atoms with Gasteiger partial charge in [0, 0.05) is 24.7 Å². The second-order valence-corrected chi connectivity index (χ2v) is 7.47. The number of anilines is 1. The maximum atomic E-state index is 12.6. The molecule has 0 atom stereocenters. The van der Waals surface area contributed by atoms with Crippen LogP contribution in [-0.4, -0.2) is 37.0 Å². The first-order valence-electron chi connectivity index (χ1n) is 8.85. The van der Waals surface area contributed by atoms with Crippen molar-refractivity contribution in [2.75, 3.05) is 25.0 Å². The molecule has 0 spiro atoms. The lowest BCUT2D eigenvalue weighted by molar-refractivity contribution is -0.117. The van der Waals surface area contributed by atoms with Crippen LogP contribution < -0.4 is 15.5 Å². The Morgan fingerprint density at radius 2 is 2.11 bits per heavy atom. The Morgan fingerprint density at radius 3 is 2.81 bits per heavy atom. The highest BCUT2D eigenvalue weighted by atomic mass is 127. The van der Waals surface area contributed by atoms with Crippen molar-refractivity contribution < 1.29 is 4.79 Å². The predicted octanol–water partition coefficient (Wildman–Crippen LogP) is 3.14. The SMILES string of the molecule is CN=C(NCC(=O)N1CCc2ccccc21)NCc1nc(C(C)C)cs1.I. The van der Waals surface area contributed by atoms with Gasteiger partial charge >= 0.3 is 0 Å². The zero-order valence-electron chi connectivity index (χ0n) is 15.9. The molecular weight excluding hydrogens is 473 g/mol. The summed E-state index contributed by atoms with van der Waals surface area (Å²) in [6.07, 6.45) is 0.914. The summed E-state index contributed by atoms with van der Waals surface area (Å²) in [5.41, 5.74) is 3.36. The van der Waals surface area contributed by atoms with Crippen molar-refractivity contribution in [3.8, 4) is 0 Å². The van der Waals surface area contributed by atoms with E-state index in [-0.39, 0.29) is 36.4 Å². The normalized spacial score (nSPS) is 13.3. The Bertz CT molecular complexity index is 805. The van der Waals surface area contributed by atoms with Crippen LogP contribution in [0.1, 0.15) is 36.0 Å². The first kappa shape index (κ1) is 21.6. The standard InChI is InChI=1S/C19H25N5OS.HI/c1-13(2)15-12-26-17(23-15)10-21-19(20-3)22-11-18(25)24-9-8-14-6-4-5-7-16(14)24;/h4-7,12-13H,8-11H2,1-3H3,(H2,20,21,22);1H. The monoisotopic (exact) mass is 499 g/mol. The van der Waals surface area contributed by atoms with Gasteiger partial charge in [-0.1, -0.05) is 32.0 Å². The highest BCUT2D eigenvalue weighted by molar-refractivity contribution is 14.0. The van der Waals surface area contributed by atoms with Gasteiger partial charge in [0.2, 0.25) is 5.91 Å². The summed E-state index contributed by atoms with van der Waals surface area (Å²) in [5.74, 6) is 1.08. The minimum absolute atomic E-state index is 0. The molecule has 6 nitrogen and oxygen atoms in total. The van der Waals surface area contributed by atoms with E-state index in [1.165, 1.54) is 5.56 Å². The number of aliphatic imine (C=N–C) groups is 1. The number of hydrogen-bond donors (Lipinski definition) is 2. The predicted molar refractivity (Wildman–Crippen MR) is 122 cm³/mol. The van der Waals surface area contributed by atoms with Gasteiger partial charge in [-0.3, -0.25) is 9.79 Å². The molecule has 3 rings (SSSR count). The highest BCUT2D eigenvalue weighted by Gasteiger charge is 2.23. The Hall–Kier alpha value is -1.68. The number of thiazole rings is 1. The van der Waals surface area contributed by atoms with Crippen LogP contribution in [0.15, 0.2) is 34.6 Å². The van der Waals surface area contributed by atoms with Gasteiger partial charge in [0.25, 0.3) is 0 Å². The van der Waals surface area contributed by atoms with E-state index >= 15 is 0 Å². The second kappa shape index (κ2) is 10.0. The fourth-order valence-corrected chi connectivity index (χ4v) is 3.80. The molecule has 0 fully saturated rings. The van der Waals surface area contributed by atoms with Crippen LogP contribution in [0.25, 0.3) is 0 Å². The molecule has 8 heteroatoms. The lowest BCUT2D eigenvalue weighted by Crippen LogP contribution is -2.44. The molecule has 2 N–H and O–H groups in total. The molecule has 146 valence electrons. The summed E-state index contributed by atoms with van der Waals surface area (Å²) >= 11 is 1.64. The molecule has 0 aliphatic carbocycles. The third-order valence-electron chi connectivity index (χ3n) is 4.39. The van der Waals surface area contributed by atoms with Gasteiger partial charge in [0.05, 0.1) is 18.8 Å². The van der Waals surface area contributed by atoms with E-state index in [0.29, 0.717) is 18.4 Å². The molecule has 1 aromatic carbocycles. The van der Waals surface area contributed by atoms with Gasteiger partial charge in [-0.25, -0.2) is 4.98 Å². The molecule has 1 aromatic heterocycles. The summed E-state index contributed by atoms with van der Waals surface area (Å²) in [6, 6.07) is 8.07. The Balaban J connectivity index is 0.00000261. The van der Waals surface area contributed by atoms with E-state index in [9.17, 15) is 4.79 Å². The topological polar surface area (TPSA) is 69.6 Å². The molecule has 0 bridgehead atoms. The fourth-order valence-electron chi connectivity index (χ4n) is 2.90. The average molecular weight is 499 g/mol. The Kier molecular flexibility index (Phi) is 8.03. The minimum Gasteiger partial charge on any atom is -0.350 e. The second-order valence-electron chi connectivity index (χ2n) is 6.52. The van der Waals surface area contributed by atoms with E-state index in [2.05, 4.69) is 45.9 Å². The largest absolute Gasteiger partial charge is 0.350 e. The van der Waals surface area contributed by atoms with Crippen LogP contribution >= 0.6 is 35.3 Å².